The van der Waals surface area contributed by atoms with Crippen LogP contribution in [0.25, 0.3) is 0 Å². The molecule has 0 bridgehead atoms. The fourth-order valence-corrected chi connectivity index (χ4v) is 16.6. The van der Waals surface area contributed by atoms with Gasteiger partial charge in [-0.25, -0.2) is 0 Å². The summed E-state index contributed by atoms with van der Waals surface area (Å²) in [4.78, 5) is 12.5. The number of aliphatic hydroxyl groups excluding tert-OH is 2. The molecule has 1 unspecified atom stereocenters. The van der Waals surface area contributed by atoms with Crippen molar-refractivity contribution in [2.75, 3.05) is 0 Å². The summed E-state index contributed by atoms with van der Waals surface area (Å²) in [5.74, 6) is 1.47. The van der Waals surface area contributed by atoms with E-state index in [1.807, 2.05) is 42.5 Å². The van der Waals surface area contributed by atoms with Crippen LogP contribution in [0.3, 0.4) is 0 Å². The average molecular weight is 1650 g/mol. The summed E-state index contributed by atoms with van der Waals surface area (Å²) in [7, 11) is 0. The molecule has 120 heavy (non-hydrogen) atoms. The number of aryl methyl sites for hydroxylation is 13. The topological polar surface area (TPSA) is 98.0 Å². The van der Waals surface area contributed by atoms with Gasteiger partial charge in [-0.05, 0) is 281 Å². The molecule has 5 nitrogen and oxygen atoms in total. The van der Waals surface area contributed by atoms with Gasteiger partial charge in [-0.15, -0.1) is 0 Å². The van der Waals surface area contributed by atoms with Crippen LogP contribution < -0.4 is 0 Å². The minimum Gasteiger partial charge on any atom is -0.390 e. The Labute approximate surface area is 738 Å². The first-order valence-electron chi connectivity index (χ1n) is 47.8. The van der Waals surface area contributed by atoms with E-state index in [0.717, 1.165) is 182 Å². The van der Waals surface area contributed by atoms with E-state index in [0.29, 0.717) is 17.4 Å². The lowest BCUT2D eigenvalue weighted by molar-refractivity contribution is 0.0127. The molecule has 0 aliphatic heterocycles. The summed E-state index contributed by atoms with van der Waals surface area (Å²) in [6.45, 7) is 30.5. The van der Waals surface area contributed by atoms with Crippen molar-refractivity contribution >= 4 is 17.4 Å². The maximum Gasteiger partial charge on any atom is 0.163 e. The molecule has 0 radical (unpaired) electrons. The molecule has 9 aromatic carbocycles. The first-order valence-corrected chi connectivity index (χ1v) is 48.1. The zero-order valence-electron chi connectivity index (χ0n) is 77.8. The predicted molar refractivity (Wildman–Crippen MR) is 522 cm³/mol. The van der Waals surface area contributed by atoms with Crippen molar-refractivity contribution in [3.05, 3.63) is 318 Å². The van der Waals surface area contributed by atoms with Crippen molar-refractivity contribution < 1.29 is 25.2 Å². The number of hydrogen-bond acceptors (Lipinski definition) is 5. The molecule has 658 valence electrons. The summed E-state index contributed by atoms with van der Waals surface area (Å²) < 4.78 is 0. The normalized spacial score (nSPS) is 11.7. The van der Waals surface area contributed by atoms with E-state index in [1.54, 1.807) is 0 Å². The van der Waals surface area contributed by atoms with Crippen LogP contribution in [0.2, 0.25) is 5.02 Å². The van der Waals surface area contributed by atoms with E-state index < -0.39 is 23.4 Å². The van der Waals surface area contributed by atoms with Gasteiger partial charge in [0.1, 0.15) is 0 Å². The van der Waals surface area contributed by atoms with Gasteiger partial charge in [0, 0.05) is 17.0 Å². The summed E-state index contributed by atoms with van der Waals surface area (Å²) in [6, 6.07) is 79.8. The van der Waals surface area contributed by atoms with Crippen LogP contribution in [0.15, 0.2) is 224 Å². The van der Waals surface area contributed by atoms with E-state index in [1.165, 1.54) is 157 Å². The van der Waals surface area contributed by atoms with Gasteiger partial charge in [0.15, 0.2) is 5.78 Å². The van der Waals surface area contributed by atoms with Gasteiger partial charge in [0.2, 0.25) is 0 Å². The Balaban J connectivity index is 0.000000303. The number of hydrogen-bond donors (Lipinski definition) is 4. The summed E-state index contributed by atoms with van der Waals surface area (Å²) >= 11 is 6.19. The smallest absolute Gasteiger partial charge is 0.163 e. The molecule has 4 N–H and O–H groups in total. The lowest BCUT2D eigenvalue weighted by atomic mass is 9.86. The van der Waals surface area contributed by atoms with Crippen molar-refractivity contribution in [2.24, 2.45) is 11.8 Å². The van der Waals surface area contributed by atoms with Gasteiger partial charge in [0.05, 0.1) is 23.4 Å². The van der Waals surface area contributed by atoms with Gasteiger partial charge in [-0.1, -0.05) is 391 Å². The molecule has 0 heterocycles. The minimum atomic E-state index is -0.575. The SMILES string of the molecule is CCCC(CCC)CC(=O)c1cccc([C@H](O)CCC)c1.CCCC(O)(CCC)CCc1cccc(CCC(C)C)c1.CCCC(O)c1cc(Cl)cc(CCC(O)(CCC)CCC)c1.CCCCc1cccc(CCCc2ccccc2)c1.CCCCc1cccc(CCc2ccccc2)c1.CCCCc1cccc(CCc2ccccc2C)c1. The number of halogens is 1. The maximum atomic E-state index is 12.5. The third kappa shape index (κ3) is 45.8. The van der Waals surface area contributed by atoms with Crippen LogP contribution in [-0.4, -0.2) is 37.4 Å². The van der Waals surface area contributed by atoms with E-state index in [-0.39, 0.29) is 5.78 Å². The average Bonchev–Trinajstić information content (AvgIpc) is 0.850. The van der Waals surface area contributed by atoms with Crippen LogP contribution in [0, 0.1) is 18.8 Å². The Hall–Kier alpha value is -7.22. The lowest BCUT2D eigenvalue weighted by Gasteiger charge is -2.27. The Morgan fingerprint density at radius 3 is 1.10 bits per heavy atom. The Kier molecular flexibility index (Phi) is 55.8. The zero-order valence-corrected chi connectivity index (χ0v) is 78.6. The standard InChI is InChI=1S/C20H34O.C19H31ClO2.C19H30O2.2C19H24.C18H22/c1-5-13-20(21,14-6-2)15-12-19-9-7-8-18(16-19)11-10-17(3)4;1-4-7-18(21)16-12-15(13-17(20)14-16)8-11-19(22,9-5-2)10-6-3;1-4-8-15(9-5-2)13-19(21)17-12-7-11-16(14-17)18(20)10-6-3;1-3-4-9-17-10-7-11-18(15-17)13-14-19-12-6-5-8-16(19)2;1-2-3-9-18-14-8-15-19(16-18)13-7-12-17-10-5-4-6-11-17;1-2-3-8-17-11-7-12-18(15-17)14-13-16-9-5-4-6-10-16/h7-9,16-17,21H,5-6,10-15H2,1-4H3;12-14,18,21-22H,4-11H2,1-3H3;7,11-12,14-15,18,20H,4-6,8-10,13H2,1-3H3;5-8,10-12,15H,3-4,9,13-14H2,1-2H3;4-6,8,10-11,14-16H,2-3,7,9,12-13H2,1H3;4-7,9-12,15H,2-3,8,13-14H2,1H3/t;;18-;;;/m..1.../s1. The molecule has 9 aromatic rings. The number of unbranched alkanes of at least 4 members (excludes halogenated alkanes) is 3. The number of Topliss-reactive ketones (excluding diaryl/α,β-unsaturated/α-hetero) is 1. The van der Waals surface area contributed by atoms with Crippen molar-refractivity contribution in [3.8, 4) is 0 Å². The molecule has 0 aliphatic carbocycles. The van der Waals surface area contributed by atoms with E-state index in [9.17, 15) is 25.2 Å². The summed E-state index contributed by atoms with van der Waals surface area (Å²) in [5.41, 5.74) is 20.0. The molecule has 6 heteroatoms. The molecular formula is C114H165ClO5. The minimum absolute atomic E-state index is 0.215. The second kappa shape index (κ2) is 63.7. The monoisotopic (exact) mass is 1650 g/mol. The highest BCUT2D eigenvalue weighted by molar-refractivity contribution is 6.30. The number of benzene rings is 9. The fourth-order valence-electron chi connectivity index (χ4n) is 16.3. The highest BCUT2D eigenvalue weighted by Gasteiger charge is 2.26. The molecule has 0 amide bonds. The van der Waals surface area contributed by atoms with Gasteiger partial charge in [0.25, 0.3) is 0 Å². The van der Waals surface area contributed by atoms with Gasteiger partial charge >= 0.3 is 0 Å². The first-order chi connectivity index (χ1) is 58.1. The van der Waals surface area contributed by atoms with Crippen LogP contribution in [0.1, 0.15) is 369 Å². The first kappa shape index (κ1) is 105. The Morgan fingerprint density at radius 2 is 0.667 bits per heavy atom. The summed E-state index contributed by atoms with van der Waals surface area (Å²) in [6.07, 6.45) is 40.6. The van der Waals surface area contributed by atoms with Crippen molar-refractivity contribution in [1.82, 2.24) is 0 Å². The number of ketones is 1. The second-order valence-corrected chi connectivity index (χ2v) is 35.4. The predicted octanol–water partition coefficient (Wildman–Crippen LogP) is 31.4. The quantitative estimate of drug-likeness (QED) is 0.0285. The largest absolute Gasteiger partial charge is 0.390 e. The molecule has 0 aromatic heterocycles. The Bertz CT molecular complexity index is 4040. The number of carbonyl (C=O) groups excluding carboxylic acids is 1. The molecular weight excluding hydrogens is 1480 g/mol. The van der Waals surface area contributed by atoms with Gasteiger partial charge in [-0.3, -0.25) is 4.79 Å². The number of carbonyl (C=O) groups is 1. The van der Waals surface area contributed by atoms with E-state index in [2.05, 4.69) is 279 Å². The van der Waals surface area contributed by atoms with Crippen LogP contribution >= 0.6 is 11.6 Å². The lowest BCUT2D eigenvalue weighted by Crippen LogP contribution is -2.29. The summed E-state index contributed by atoms with van der Waals surface area (Å²) in [5, 5.41) is 42.3. The highest BCUT2D eigenvalue weighted by Crippen LogP contribution is 2.31. The van der Waals surface area contributed by atoms with E-state index in [4.69, 9.17) is 11.6 Å². The molecule has 0 fully saturated rings. The van der Waals surface area contributed by atoms with Gasteiger partial charge < -0.3 is 20.4 Å². The third-order valence-electron chi connectivity index (χ3n) is 23.3. The molecule has 9 rings (SSSR count). The van der Waals surface area contributed by atoms with Crippen LogP contribution in [-0.2, 0) is 77.0 Å². The van der Waals surface area contributed by atoms with E-state index >= 15 is 0 Å². The van der Waals surface area contributed by atoms with Crippen LogP contribution in [0.4, 0.5) is 0 Å². The molecule has 0 saturated heterocycles. The maximum absolute atomic E-state index is 12.5. The Morgan fingerprint density at radius 1 is 0.308 bits per heavy atom. The number of aliphatic hydroxyl groups is 4. The van der Waals surface area contributed by atoms with Gasteiger partial charge in [-0.2, -0.15) is 0 Å². The number of rotatable bonds is 49. The highest BCUT2D eigenvalue weighted by atomic mass is 35.5. The zero-order chi connectivity index (χ0) is 87.4. The fraction of sp³-hybridized carbons (Fsp3) is 0.518. The molecule has 0 saturated carbocycles. The molecule has 2 atom stereocenters. The van der Waals surface area contributed by atoms with Crippen LogP contribution in [0.5, 0.6) is 0 Å². The van der Waals surface area contributed by atoms with Crippen molar-refractivity contribution in [1.29, 1.82) is 0 Å². The second-order valence-electron chi connectivity index (χ2n) is 34.9. The molecule has 0 aliphatic rings. The molecule has 0 spiro atoms. The van der Waals surface area contributed by atoms with Crippen molar-refractivity contribution in [3.63, 3.8) is 0 Å². The third-order valence-corrected chi connectivity index (χ3v) is 23.5. The van der Waals surface area contributed by atoms with Crippen molar-refractivity contribution in [2.45, 2.75) is 371 Å².